The van der Waals surface area contributed by atoms with Crippen molar-refractivity contribution in [3.63, 3.8) is 0 Å². The molecule has 0 radical (unpaired) electrons. The molecule has 1 aliphatic rings. The SMILES string of the molecule is Fc1cnc(OC(c2ccccc2)[C@H]2CCNC2)c(F)c1C(F)(F)F. The van der Waals surface area contributed by atoms with Crippen molar-refractivity contribution in [2.75, 3.05) is 13.1 Å². The summed E-state index contributed by atoms with van der Waals surface area (Å²) in [4.78, 5) is 3.40. The van der Waals surface area contributed by atoms with E-state index in [1.807, 2.05) is 0 Å². The molecule has 2 atom stereocenters. The smallest absolute Gasteiger partial charge is 0.422 e. The Labute approximate surface area is 140 Å². The Morgan fingerprint density at radius 2 is 1.88 bits per heavy atom. The summed E-state index contributed by atoms with van der Waals surface area (Å²) >= 11 is 0. The molecular weight excluding hydrogens is 343 g/mol. The van der Waals surface area contributed by atoms with E-state index in [-0.39, 0.29) is 5.92 Å². The van der Waals surface area contributed by atoms with Crippen molar-refractivity contribution in [1.82, 2.24) is 10.3 Å². The number of hydrogen-bond acceptors (Lipinski definition) is 3. The van der Waals surface area contributed by atoms with Crippen LogP contribution < -0.4 is 10.1 Å². The number of nitrogens with one attached hydrogen (secondary N) is 1. The van der Waals surface area contributed by atoms with E-state index >= 15 is 0 Å². The topological polar surface area (TPSA) is 34.1 Å². The summed E-state index contributed by atoms with van der Waals surface area (Å²) in [6, 6.07) is 8.78. The summed E-state index contributed by atoms with van der Waals surface area (Å²) < 4.78 is 71.8. The standard InChI is InChI=1S/C17H15F5N2O/c18-12-9-24-16(14(19)13(12)17(20,21)22)25-15(11-6-7-23-8-11)10-4-2-1-3-5-10/h1-5,9,11,15,23H,6-8H2/t11-,15?/m0/s1. The van der Waals surface area contributed by atoms with Crippen LogP contribution in [-0.2, 0) is 6.18 Å². The van der Waals surface area contributed by atoms with E-state index in [4.69, 9.17) is 4.74 Å². The van der Waals surface area contributed by atoms with Crippen molar-refractivity contribution >= 4 is 0 Å². The van der Waals surface area contributed by atoms with Crippen molar-refractivity contribution in [3.8, 4) is 5.88 Å². The molecule has 2 aromatic rings. The monoisotopic (exact) mass is 358 g/mol. The third-order valence-corrected chi connectivity index (χ3v) is 4.12. The van der Waals surface area contributed by atoms with Crippen LogP contribution in [0.5, 0.6) is 5.88 Å². The number of halogens is 5. The maximum Gasteiger partial charge on any atom is 0.422 e. The van der Waals surface area contributed by atoms with Crippen LogP contribution in [0.25, 0.3) is 0 Å². The number of aromatic nitrogens is 1. The number of pyridine rings is 1. The van der Waals surface area contributed by atoms with Gasteiger partial charge in [-0.2, -0.15) is 13.2 Å². The van der Waals surface area contributed by atoms with Gasteiger partial charge in [-0.1, -0.05) is 30.3 Å². The van der Waals surface area contributed by atoms with Gasteiger partial charge in [-0.25, -0.2) is 13.8 Å². The van der Waals surface area contributed by atoms with Gasteiger partial charge in [-0.15, -0.1) is 0 Å². The number of alkyl halides is 3. The highest BCUT2D eigenvalue weighted by Gasteiger charge is 2.40. The molecule has 3 rings (SSSR count). The highest BCUT2D eigenvalue weighted by molar-refractivity contribution is 5.29. The Morgan fingerprint density at radius 1 is 1.16 bits per heavy atom. The van der Waals surface area contributed by atoms with Crippen LogP contribution in [0.1, 0.15) is 23.7 Å². The molecule has 1 N–H and O–H groups in total. The quantitative estimate of drug-likeness (QED) is 0.836. The third-order valence-electron chi connectivity index (χ3n) is 4.12. The fraction of sp³-hybridized carbons (Fsp3) is 0.353. The average molecular weight is 358 g/mol. The summed E-state index contributed by atoms with van der Waals surface area (Å²) in [6.45, 7) is 1.30. The Morgan fingerprint density at radius 3 is 2.48 bits per heavy atom. The summed E-state index contributed by atoms with van der Waals surface area (Å²) in [5.41, 5.74) is -1.30. The first-order chi connectivity index (χ1) is 11.9. The van der Waals surface area contributed by atoms with Gasteiger partial charge < -0.3 is 10.1 Å². The highest BCUT2D eigenvalue weighted by Crippen LogP contribution is 2.38. The number of nitrogens with zero attached hydrogens (tertiary/aromatic N) is 1. The first-order valence-corrected chi connectivity index (χ1v) is 7.71. The van der Waals surface area contributed by atoms with Gasteiger partial charge in [0, 0.05) is 12.5 Å². The molecule has 1 unspecified atom stereocenters. The lowest BCUT2D eigenvalue weighted by atomic mass is 9.95. The molecule has 1 fully saturated rings. The molecule has 1 aromatic carbocycles. The molecule has 134 valence electrons. The summed E-state index contributed by atoms with van der Waals surface area (Å²) in [7, 11) is 0. The fourth-order valence-electron chi connectivity index (χ4n) is 2.93. The zero-order chi connectivity index (χ0) is 18.0. The minimum atomic E-state index is -5.17. The van der Waals surface area contributed by atoms with Crippen LogP contribution in [0.4, 0.5) is 22.0 Å². The molecule has 0 amide bonds. The molecule has 1 aromatic heterocycles. The molecule has 0 bridgehead atoms. The molecule has 25 heavy (non-hydrogen) atoms. The number of benzene rings is 1. The van der Waals surface area contributed by atoms with Crippen molar-refractivity contribution < 1.29 is 26.7 Å². The molecule has 0 aliphatic carbocycles. The largest absolute Gasteiger partial charge is 0.467 e. The van der Waals surface area contributed by atoms with Crippen molar-refractivity contribution in [2.45, 2.75) is 18.7 Å². The van der Waals surface area contributed by atoms with Crippen LogP contribution in [0, 0.1) is 17.6 Å². The van der Waals surface area contributed by atoms with Crippen LogP contribution in [0.3, 0.4) is 0 Å². The van der Waals surface area contributed by atoms with Crippen LogP contribution in [0.15, 0.2) is 36.5 Å². The normalized spacial score (nSPS) is 19.0. The van der Waals surface area contributed by atoms with Crippen LogP contribution in [-0.4, -0.2) is 18.1 Å². The van der Waals surface area contributed by atoms with Gasteiger partial charge in [0.1, 0.15) is 11.7 Å². The Hall–Kier alpha value is -2.22. The first kappa shape index (κ1) is 17.6. The predicted octanol–water partition coefficient (Wildman–Crippen LogP) is 4.11. The van der Waals surface area contributed by atoms with Gasteiger partial charge in [0.15, 0.2) is 11.6 Å². The zero-order valence-electron chi connectivity index (χ0n) is 13.0. The van der Waals surface area contributed by atoms with Crippen molar-refractivity contribution in [2.24, 2.45) is 5.92 Å². The van der Waals surface area contributed by atoms with Crippen molar-refractivity contribution in [1.29, 1.82) is 0 Å². The zero-order valence-corrected chi connectivity index (χ0v) is 13.0. The number of rotatable bonds is 4. The van der Waals surface area contributed by atoms with E-state index in [9.17, 15) is 22.0 Å². The highest BCUT2D eigenvalue weighted by atomic mass is 19.4. The third kappa shape index (κ3) is 3.73. The minimum absolute atomic E-state index is 0.0667. The predicted molar refractivity (Wildman–Crippen MR) is 79.9 cm³/mol. The second-order valence-electron chi connectivity index (χ2n) is 5.80. The molecule has 1 aliphatic heterocycles. The number of hydrogen-bond donors (Lipinski definition) is 1. The Kier molecular flexibility index (Phi) is 4.89. The second-order valence-corrected chi connectivity index (χ2v) is 5.80. The molecule has 8 heteroatoms. The van der Waals surface area contributed by atoms with E-state index in [1.165, 1.54) is 0 Å². The maximum absolute atomic E-state index is 14.2. The second kappa shape index (κ2) is 6.95. The van der Waals surface area contributed by atoms with E-state index in [1.54, 1.807) is 30.3 Å². The van der Waals surface area contributed by atoms with Gasteiger partial charge in [0.2, 0.25) is 0 Å². The van der Waals surface area contributed by atoms with Gasteiger partial charge in [-0.05, 0) is 18.5 Å². The lowest BCUT2D eigenvalue weighted by Gasteiger charge is -2.25. The first-order valence-electron chi connectivity index (χ1n) is 7.71. The molecule has 0 spiro atoms. The van der Waals surface area contributed by atoms with Gasteiger partial charge in [-0.3, -0.25) is 0 Å². The van der Waals surface area contributed by atoms with E-state index in [2.05, 4.69) is 10.3 Å². The van der Waals surface area contributed by atoms with E-state index < -0.39 is 35.4 Å². The van der Waals surface area contributed by atoms with E-state index in [0.29, 0.717) is 24.7 Å². The van der Waals surface area contributed by atoms with Crippen LogP contribution in [0.2, 0.25) is 0 Å². The number of ether oxygens (including phenoxy) is 1. The minimum Gasteiger partial charge on any atom is -0.467 e. The van der Waals surface area contributed by atoms with Gasteiger partial charge >= 0.3 is 6.18 Å². The fourth-order valence-corrected chi connectivity index (χ4v) is 2.93. The maximum atomic E-state index is 14.2. The summed E-state index contributed by atoms with van der Waals surface area (Å²) in [5.74, 6) is -4.52. The lowest BCUT2D eigenvalue weighted by molar-refractivity contribution is -0.142. The molecular formula is C17H15F5N2O. The summed E-state index contributed by atoms with van der Waals surface area (Å²) in [6.07, 6.45) is -4.82. The molecule has 2 heterocycles. The summed E-state index contributed by atoms with van der Waals surface area (Å²) in [5, 5.41) is 3.13. The molecule has 3 nitrogen and oxygen atoms in total. The van der Waals surface area contributed by atoms with Gasteiger partial charge in [0.25, 0.3) is 5.88 Å². The Balaban J connectivity index is 1.98. The van der Waals surface area contributed by atoms with Crippen LogP contribution >= 0.6 is 0 Å². The van der Waals surface area contributed by atoms with Crippen molar-refractivity contribution in [3.05, 3.63) is 59.3 Å². The molecule has 1 saturated heterocycles. The Bertz CT molecular complexity index is 730. The molecule has 0 saturated carbocycles. The lowest BCUT2D eigenvalue weighted by Crippen LogP contribution is -2.23. The van der Waals surface area contributed by atoms with E-state index in [0.717, 1.165) is 6.54 Å². The van der Waals surface area contributed by atoms with Gasteiger partial charge in [0.05, 0.1) is 6.20 Å². The average Bonchev–Trinajstić information content (AvgIpc) is 3.08.